The lowest BCUT2D eigenvalue weighted by atomic mass is 9.92. The maximum absolute atomic E-state index is 15.0. The van der Waals surface area contributed by atoms with Crippen molar-refractivity contribution in [2.75, 3.05) is 42.6 Å². The number of alkyl halides is 3. The zero-order valence-electron chi connectivity index (χ0n) is 22.8. The smallest absolute Gasteiger partial charge is 0.389 e. The maximum atomic E-state index is 15.0. The molecule has 2 N–H and O–H groups in total. The zero-order chi connectivity index (χ0) is 30.8. The summed E-state index contributed by atoms with van der Waals surface area (Å²) in [6.07, 6.45) is -3.11. The number of aromatic nitrogens is 2. The average molecular weight is 629 g/mol. The predicted octanol–water partition coefficient (Wildman–Crippen LogP) is 5.78. The van der Waals surface area contributed by atoms with Crippen LogP contribution in [0.2, 0.25) is 0 Å². The third kappa shape index (κ3) is 4.53. The summed E-state index contributed by atoms with van der Waals surface area (Å²) >= 11 is 2.00. The highest BCUT2D eigenvalue weighted by Crippen LogP contribution is 2.52. The SMILES string of the molecule is C=CC(=O)N1CCN(c2nc(=O)n3c4c(c(-c5ccc(F)c6sc(N)c(C#N)c56)c(C(F)(F)F)cc24)SCC3CC)CC1. The number of carbonyl (C=O) groups is 1. The van der Waals surface area contributed by atoms with Crippen LogP contribution >= 0.6 is 23.1 Å². The number of hydrogen-bond acceptors (Lipinski definition) is 8. The Morgan fingerprint density at radius 1 is 1.28 bits per heavy atom. The second-order valence-electron chi connectivity index (χ2n) is 10.3. The van der Waals surface area contributed by atoms with Crippen LogP contribution in [0.5, 0.6) is 0 Å². The van der Waals surface area contributed by atoms with E-state index in [1.165, 1.54) is 28.5 Å². The van der Waals surface area contributed by atoms with Crippen LogP contribution in [0.3, 0.4) is 0 Å². The van der Waals surface area contributed by atoms with Crippen molar-refractivity contribution in [1.29, 1.82) is 5.26 Å². The molecule has 1 atom stereocenters. The van der Waals surface area contributed by atoms with Crippen LogP contribution in [0.15, 0.2) is 40.5 Å². The van der Waals surface area contributed by atoms with Gasteiger partial charge >= 0.3 is 11.9 Å². The average Bonchev–Trinajstić information content (AvgIpc) is 3.34. The minimum absolute atomic E-state index is 0.00279. The number of nitrogens with zero attached hydrogens (tertiary/aromatic N) is 5. The number of rotatable bonds is 4. The Kier molecular flexibility index (Phi) is 7.13. The van der Waals surface area contributed by atoms with Crippen molar-refractivity contribution in [3.05, 3.63) is 58.3 Å². The maximum Gasteiger partial charge on any atom is 0.417 e. The van der Waals surface area contributed by atoms with Crippen molar-refractivity contribution < 1.29 is 22.4 Å². The van der Waals surface area contributed by atoms with Crippen LogP contribution < -0.4 is 16.3 Å². The van der Waals surface area contributed by atoms with Crippen LogP contribution in [0.4, 0.5) is 28.4 Å². The van der Waals surface area contributed by atoms with Gasteiger partial charge in [0.15, 0.2) is 0 Å². The molecule has 222 valence electrons. The van der Waals surface area contributed by atoms with Crippen LogP contribution in [-0.2, 0) is 11.0 Å². The highest BCUT2D eigenvalue weighted by Gasteiger charge is 2.40. The van der Waals surface area contributed by atoms with Gasteiger partial charge in [0.25, 0.3) is 0 Å². The van der Waals surface area contributed by atoms with Gasteiger partial charge in [-0.1, -0.05) is 19.6 Å². The summed E-state index contributed by atoms with van der Waals surface area (Å²) < 4.78 is 61.4. The fraction of sp³-hybridized carbons (Fsp3) is 0.310. The molecule has 1 fully saturated rings. The molecular weight excluding hydrogens is 604 g/mol. The van der Waals surface area contributed by atoms with Crippen molar-refractivity contribution in [3.63, 3.8) is 0 Å². The van der Waals surface area contributed by atoms with E-state index >= 15 is 13.2 Å². The number of nitrogen functional groups attached to an aromatic ring is 1. The van der Waals surface area contributed by atoms with E-state index in [4.69, 9.17) is 5.73 Å². The van der Waals surface area contributed by atoms with Crippen molar-refractivity contribution >= 4 is 60.8 Å². The number of piperazine rings is 1. The number of nitriles is 1. The quantitative estimate of drug-likeness (QED) is 0.226. The fourth-order valence-corrected chi connectivity index (χ4v) is 8.30. The fourth-order valence-electron chi connectivity index (χ4n) is 5.90. The van der Waals surface area contributed by atoms with Gasteiger partial charge in [0, 0.05) is 59.2 Å². The van der Waals surface area contributed by atoms with E-state index in [-0.39, 0.29) is 86.0 Å². The number of hydrogen-bond donors (Lipinski definition) is 1. The number of amides is 1. The molecule has 0 saturated carbocycles. The van der Waals surface area contributed by atoms with Crippen LogP contribution in [0.1, 0.15) is 30.5 Å². The molecule has 2 aromatic carbocycles. The van der Waals surface area contributed by atoms with Crippen molar-refractivity contribution in [2.24, 2.45) is 0 Å². The van der Waals surface area contributed by atoms with Gasteiger partial charge in [-0.2, -0.15) is 23.4 Å². The normalized spacial score (nSPS) is 17.0. The summed E-state index contributed by atoms with van der Waals surface area (Å²) in [4.78, 5) is 33.5. The van der Waals surface area contributed by atoms with Gasteiger partial charge in [0.2, 0.25) is 5.91 Å². The number of fused-ring (bicyclic) bond motifs is 1. The Labute approximate surface area is 251 Å². The molecular formula is C29H24F4N6O2S2. The zero-order valence-corrected chi connectivity index (χ0v) is 24.4. The van der Waals surface area contributed by atoms with Gasteiger partial charge in [-0.05, 0) is 30.2 Å². The highest BCUT2D eigenvalue weighted by molar-refractivity contribution is 7.99. The molecule has 14 heteroatoms. The molecule has 8 nitrogen and oxygen atoms in total. The summed E-state index contributed by atoms with van der Waals surface area (Å²) in [6.45, 7) is 6.47. The summed E-state index contributed by atoms with van der Waals surface area (Å²) in [5.41, 5.74) is 4.42. The first kappa shape index (κ1) is 29.0. The molecule has 2 aliphatic heterocycles. The summed E-state index contributed by atoms with van der Waals surface area (Å²) in [5, 5.41) is 10.0. The van der Waals surface area contributed by atoms with Gasteiger partial charge in [0.05, 0.1) is 21.3 Å². The Bertz CT molecular complexity index is 1940. The lowest BCUT2D eigenvalue weighted by molar-refractivity contribution is -0.137. The van der Waals surface area contributed by atoms with Gasteiger partial charge in [-0.15, -0.1) is 23.1 Å². The molecule has 0 spiro atoms. The number of benzene rings is 2. The lowest BCUT2D eigenvalue weighted by Crippen LogP contribution is -2.49. The van der Waals surface area contributed by atoms with Gasteiger partial charge in [-0.25, -0.2) is 9.18 Å². The topological polar surface area (TPSA) is 108 Å². The Morgan fingerprint density at radius 3 is 2.63 bits per heavy atom. The van der Waals surface area contributed by atoms with Gasteiger partial charge in [0.1, 0.15) is 22.7 Å². The first-order valence-corrected chi connectivity index (χ1v) is 15.2. The second-order valence-corrected chi connectivity index (χ2v) is 12.3. The summed E-state index contributed by atoms with van der Waals surface area (Å²) in [5.74, 6) is -0.528. The van der Waals surface area contributed by atoms with E-state index in [9.17, 15) is 19.2 Å². The van der Waals surface area contributed by atoms with E-state index in [0.29, 0.717) is 17.7 Å². The first-order chi connectivity index (χ1) is 20.5. The third-order valence-corrected chi connectivity index (χ3v) is 10.2. The molecule has 6 rings (SSSR count). The molecule has 1 unspecified atom stereocenters. The van der Waals surface area contributed by atoms with E-state index in [0.717, 1.165) is 23.5 Å². The molecule has 2 aliphatic rings. The Balaban J connectivity index is 1.70. The Morgan fingerprint density at radius 2 is 2.00 bits per heavy atom. The number of nitrogens with two attached hydrogens (primary N) is 1. The minimum Gasteiger partial charge on any atom is -0.389 e. The molecule has 0 aliphatic carbocycles. The molecule has 4 aromatic rings. The van der Waals surface area contributed by atoms with Crippen LogP contribution in [0.25, 0.3) is 32.1 Å². The van der Waals surface area contributed by atoms with Gasteiger partial charge < -0.3 is 15.5 Å². The van der Waals surface area contributed by atoms with E-state index in [2.05, 4.69) is 11.6 Å². The predicted molar refractivity (Wildman–Crippen MR) is 160 cm³/mol. The highest BCUT2D eigenvalue weighted by atomic mass is 32.2. The van der Waals surface area contributed by atoms with Gasteiger partial charge in [-0.3, -0.25) is 9.36 Å². The molecule has 0 radical (unpaired) electrons. The molecule has 1 saturated heterocycles. The number of anilines is 2. The number of thiophene rings is 1. The van der Waals surface area contributed by atoms with E-state index in [1.54, 1.807) is 9.80 Å². The molecule has 2 aromatic heterocycles. The van der Waals surface area contributed by atoms with Crippen LogP contribution in [-0.4, -0.2) is 52.3 Å². The molecule has 0 bridgehead atoms. The lowest BCUT2D eigenvalue weighted by Gasteiger charge is -2.36. The standard InChI is InChI=1S/C29H24F4N6O2S2/c1-3-14-13-42-25-22(15-5-6-19(30)24-21(15)17(12-34)26(35)43-24)18(29(31,32)33)11-16-23(25)39(14)28(41)36-27(16)38-9-7-37(8-10-38)20(40)4-2/h4-6,11,14H,2-3,7-10,13,35H2,1H3. The van der Waals surface area contributed by atoms with Crippen molar-refractivity contribution in [2.45, 2.75) is 30.5 Å². The third-order valence-electron chi connectivity index (χ3n) is 7.97. The monoisotopic (exact) mass is 628 g/mol. The number of carbonyl (C=O) groups excluding carboxylic acids is 1. The largest absolute Gasteiger partial charge is 0.417 e. The molecule has 4 heterocycles. The minimum atomic E-state index is -4.86. The van der Waals surface area contributed by atoms with Crippen molar-refractivity contribution in [1.82, 2.24) is 14.5 Å². The molecule has 43 heavy (non-hydrogen) atoms. The van der Waals surface area contributed by atoms with Crippen LogP contribution in [0, 0.1) is 17.1 Å². The van der Waals surface area contributed by atoms with E-state index < -0.39 is 23.2 Å². The second kappa shape index (κ2) is 10.6. The number of halogens is 4. The van der Waals surface area contributed by atoms with E-state index in [1.807, 2.05) is 13.0 Å². The Hall–Kier alpha value is -4.09. The van der Waals surface area contributed by atoms with Crippen molar-refractivity contribution in [3.8, 4) is 17.2 Å². The summed E-state index contributed by atoms with van der Waals surface area (Å²) in [6, 6.07) is 4.93. The summed E-state index contributed by atoms with van der Waals surface area (Å²) in [7, 11) is 0. The molecule has 1 amide bonds. The number of thioether (sulfide) groups is 1. The first-order valence-electron chi connectivity index (χ1n) is 13.4.